The summed E-state index contributed by atoms with van der Waals surface area (Å²) >= 11 is 0. The maximum absolute atomic E-state index is 12.6. The number of fused-ring (bicyclic) bond motifs is 1. The van der Waals surface area contributed by atoms with E-state index in [1.165, 1.54) is 12.8 Å². The van der Waals surface area contributed by atoms with Gasteiger partial charge in [-0.15, -0.1) is 0 Å². The van der Waals surface area contributed by atoms with Crippen LogP contribution < -0.4 is 9.47 Å². The Hall–Kier alpha value is -2.49. The summed E-state index contributed by atoms with van der Waals surface area (Å²) in [4.78, 5) is 14.5. The Morgan fingerprint density at radius 3 is 2.38 bits per heavy atom. The molecule has 124 valence electrons. The minimum absolute atomic E-state index is 0.110. The third-order valence-corrected chi connectivity index (χ3v) is 5.03. The molecule has 4 nitrogen and oxygen atoms in total. The largest absolute Gasteiger partial charge is 0.454 e. The summed E-state index contributed by atoms with van der Waals surface area (Å²) in [6, 6.07) is 14.1. The summed E-state index contributed by atoms with van der Waals surface area (Å²) in [5.41, 5.74) is 2.87. The van der Waals surface area contributed by atoms with E-state index in [0.717, 1.165) is 41.0 Å². The van der Waals surface area contributed by atoms with Gasteiger partial charge in [0.05, 0.1) is 0 Å². The predicted molar refractivity (Wildman–Crippen MR) is 92.4 cm³/mol. The van der Waals surface area contributed by atoms with Crippen molar-refractivity contribution in [3.05, 3.63) is 48.0 Å². The average molecular weight is 323 g/mol. The fourth-order valence-corrected chi connectivity index (χ4v) is 3.54. The molecule has 2 aromatic rings. The fourth-order valence-electron chi connectivity index (χ4n) is 3.54. The maximum atomic E-state index is 12.6. The van der Waals surface area contributed by atoms with E-state index in [0.29, 0.717) is 6.04 Å². The molecule has 0 bridgehead atoms. The van der Waals surface area contributed by atoms with Gasteiger partial charge < -0.3 is 14.4 Å². The van der Waals surface area contributed by atoms with E-state index >= 15 is 0 Å². The van der Waals surface area contributed by atoms with Crippen molar-refractivity contribution in [3.8, 4) is 22.6 Å². The molecule has 0 spiro atoms. The molecule has 1 amide bonds. The molecule has 0 radical (unpaired) electrons. The molecule has 2 aliphatic rings. The Morgan fingerprint density at radius 1 is 0.958 bits per heavy atom. The van der Waals surface area contributed by atoms with Gasteiger partial charge in [0.25, 0.3) is 5.91 Å². The van der Waals surface area contributed by atoms with E-state index in [1.807, 2.05) is 54.4 Å². The van der Waals surface area contributed by atoms with Gasteiger partial charge in [-0.25, -0.2) is 0 Å². The second-order valence-electron chi connectivity index (χ2n) is 6.50. The lowest BCUT2D eigenvalue weighted by Crippen LogP contribution is -2.35. The smallest absolute Gasteiger partial charge is 0.253 e. The molecule has 1 fully saturated rings. The van der Waals surface area contributed by atoms with Gasteiger partial charge in [0.2, 0.25) is 6.79 Å². The molecule has 4 heteroatoms. The van der Waals surface area contributed by atoms with Gasteiger partial charge in [0.15, 0.2) is 11.5 Å². The number of rotatable bonds is 3. The predicted octanol–water partition coefficient (Wildman–Crippen LogP) is 4.10. The van der Waals surface area contributed by atoms with Crippen molar-refractivity contribution >= 4 is 5.91 Å². The summed E-state index contributed by atoms with van der Waals surface area (Å²) in [6.07, 6.45) is 4.70. The Balaban J connectivity index is 1.53. The summed E-state index contributed by atoms with van der Waals surface area (Å²) in [5, 5.41) is 0. The van der Waals surface area contributed by atoms with Crippen molar-refractivity contribution < 1.29 is 14.3 Å². The molecule has 2 aromatic carbocycles. The average Bonchev–Trinajstić information content (AvgIpc) is 3.31. The first-order valence-corrected chi connectivity index (χ1v) is 8.49. The summed E-state index contributed by atoms with van der Waals surface area (Å²) in [6.45, 7) is 0.278. The van der Waals surface area contributed by atoms with Crippen LogP contribution in [-0.4, -0.2) is 30.7 Å². The Morgan fingerprint density at radius 2 is 1.62 bits per heavy atom. The molecule has 1 saturated carbocycles. The zero-order valence-corrected chi connectivity index (χ0v) is 13.8. The van der Waals surface area contributed by atoms with Crippen molar-refractivity contribution in [2.45, 2.75) is 31.7 Å². The first-order valence-electron chi connectivity index (χ1n) is 8.49. The second kappa shape index (κ2) is 6.19. The molecule has 0 atom stereocenters. The van der Waals surface area contributed by atoms with E-state index in [9.17, 15) is 4.79 Å². The normalized spacial score (nSPS) is 16.4. The first-order chi connectivity index (χ1) is 11.7. The Kier molecular flexibility index (Phi) is 3.89. The number of hydrogen-bond donors (Lipinski definition) is 0. The number of carbonyl (C=O) groups is 1. The zero-order valence-electron chi connectivity index (χ0n) is 13.8. The molecule has 0 saturated heterocycles. The van der Waals surface area contributed by atoms with Crippen LogP contribution in [0.1, 0.15) is 36.0 Å². The summed E-state index contributed by atoms with van der Waals surface area (Å²) < 4.78 is 10.8. The minimum atomic E-state index is 0.110. The van der Waals surface area contributed by atoms with Gasteiger partial charge in [0, 0.05) is 18.7 Å². The lowest BCUT2D eigenvalue weighted by atomic mass is 10.0. The molecule has 4 rings (SSSR count). The zero-order chi connectivity index (χ0) is 16.5. The monoisotopic (exact) mass is 323 g/mol. The second-order valence-corrected chi connectivity index (χ2v) is 6.50. The van der Waals surface area contributed by atoms with E-state index in [4.69, 9.17) is 9.47 Å². The fraction of sp³-hybridized carbons (Fsp3) is 0.350. The van der Waals surface area contributed by atoms with Crippen molar-refractivity contribution in [2.24, 2.45) is 0 Å². The van der Waals surface area contributed by atoms with Crippen LogP contribution >= 0.6 is 0 Å². The highest BCUT2D eigenvalue weighted by Crippen LogP contribution is 2.36. The van der Waals surface area contributed by atoms with Gasteiger partial charge in [-0.1, -0.05) is 31.0 Å². The maximum Gasteiger partial charge on any atom is 0.253 e. The molecule has 1 aliphatic carbocycles. The standard InChI is InChI=1S/C20H21NO3/c1-21(17-4-2-3-5-17)20(22)15-8-6-14(7-9-15)16-10-11-18-19(12-16)24-13-23-18/h6-12,17H,2-5,13H2,1H3. The van der Waals surface area contributed by atoms with Crippen molar-refractivity contribution in [2.75, 3.05) is 13.8 Å². The lowest BCUT2D eigenvalue weighted by Gasteiger charge is -2.24. The molecule has 0 aromatic heterocycles. The van der Waals surface area contributed by atoms with Crippen molar-refractivity contribution in [1.82, 2.24) is 4.90 Å². The van der Waals surface area contributed by atoms with Crippen molar-refractivity contribution in [1.29, 1.82) is 0 Å². The van der Waals surface area contributed by atoms with Crippen LogP contribution in [0, 0.1) is 0 Å². The molecule has 0 unspecified atom stereocenters. The van der Waals surface area contributed by atoms with Crippen LogP contribution in [-0.2, 0) is 0 Å². The number of carbonyl (C=O) groups excluding carboxylic acids is 1. The number of amides is 1. The van der Waals surface area contributed by atoms with E-state index in [1.54, 1.807) is 0 Å². The van der Waals surface area contributed by atoms with E-state index in [-0.39, 0.29) is 12.7 Å². The SMILES string of the molecule is CN(C(=O)c1ccc(-c2ccc3c(c2)OCO3)cc1)C1CCCC1. The molecule has 1 heterocycles. The van der Waals surface area contributed by atoms with Gasteiger partial charge in [-0.05, 0) is 48.2 Å². The number of nitrogens with zero attached hydrogens (tertiary/aromatic N) is 1. The van der Waals surface area contributed by atoms with E-state index in [2.05, 4.69) is 0 Å². The van der Waals surface area contributed by atoms with Crippen LogP contribution in [0.2, 0.25) is 0 Å². The van der Waals surface area contributed by atoms with Crippen LogP contribution in [0.15, 0.2) is 42.5 Å². The lowest BCUT2D eigenvalue weighted by molar-refractivity contribution is 0.0735. The quantitative estimate of drug-likeness (QED) is 0.854. The number of benzene rings is 2. The van der Waals surface area contributed by atoms with Gasteiger partial charge in [0.1, 0.15) is 0 Å². The molecule has 1 aliphatic heterocycles. The number of hydrogen-bond acceptors (Lipinski definition) is 3. The van der Waals surface area contributed by atoms with Gasteiger partial charge >= 0.3 is 0 Å². The highest BCUT2D eigenvalue weighted by atomic mass is 16.7. The van der Waals surface area contributed by atoms with Crippen LogP contribution in [0.3, 0.4) is 0 Å². The summed E-state index contributed by atoms with van der Waals surface area (Å²) in [5.74, 6) is 1.66. The Bertz CT molecular complexity index is 748. The van der Waals surface area contributed by atoms with Gasteiger partial charge in [-0.3, -0.25) is 4.79 Å². The topological polar surface area (TPSA) is 38.8 Å². The highest BCUT2D eigenvalue weighted by molar-refractivity contribution is 5.94. The Labute approximate surface area is 142 Å². The first kappa shape index (κ1) is 15.1. The highest BCUT2D eigenvalue weighted by Gasteiger charge is 2.24. The van der Waals surface area contributed by atoms with Crippen LogP contribution in [0.25, 0.3) is 11.1 Å². The van der Waals surface area contributed by atoms with Crippen LogP contribution in [0.4, 0.5) is 0 Å². The molecular formula is C20H21NO3. The van der Waals surface area contributed by atoms with Crippen LogP contribution in [0.5, 0.6) is 11.5 Å². The molecule has 24 heavy (non-hydrogen) atoms. The van der Waals surface area contributed by atoms with E-state index < -0.39 is 0 Å². The molecule has 0 N–H and O–H groups in total. The minimum Gasteiger partial charge on any atom is -0.454 e. The summed E-state index contributed by atoms with van der Waals surface area (Å²) in [7, 11) is 1.92. The third-order valence-electron chi connectivity index (χ3n) is 5.03. The molecular weight excluding hydrogens is 302 g/mol. The van der Waals surface area contributed by atoms with Gasteiger partial charge in [-0.2, -0.15) is 0 Å². The third kappa shape index (κ3) is 2.73. The van der Waals surface area contributed by atoms with Crippen molar-refractivity contribution in [3.63, 3.8) is 0 Å². The number of ether oxygens (including phenoxy) is 2.